The van der Waals surface area contributed by atoms with E-state index in [0.29, 0.717) is 0 Å². The van der Waals surface area contributed by atoms with Crippen LogP contribution in [0.2, 0.25) is 0 Å². The van der Waals surface area contributed by atoms with Gasteiger partial charge in [0.05, 0.1) is 6.04 Å². The predicted molar refractivity (Wildman–Crippen MR) is 35.1 cm³/mol. The Bertz CT molecular complexity index is 102. The molecular formula is C5H13N3O. The van der Waals surface area contributed by atoms with Crippen molar-refractivity contribution in [3.05, 3.63) is 0 Å². The summed E-state index contributed by atoms with van der Waals surface area (Å²) in [4.78, 5) is 10.6. The van der Waals surface area contributed by atoms with Crippen molar-refractivity contribution in [2.45, 2.75) is 19.9 Å². The van der Waals surface area contributed by atoms with E-state index in [2.05, 4.69) is 0 Å². The van der Waals surface area contributed by atoms with Crippen LogP contribution in [-0.2, 0) is 4.79 Å². The number of nitrogens with two attached hydrogens (primary N) is 2. The Kier molecular flexibility index (Phi) is 3.19. The molecule has 1 unspecified atom stereocenters. The molecule has 0 aliphatic heterocycles. The average molecular weight is 131 g/mol. The van der Waals surface area contributed by atoms with Crippen molar-refractivity contribution >= 4 is 5.91 Å². The molecule has 54 valence electrons. The quantitative estimate of drug-likeness (QED) is 0.254. The monoisotopic (exact) mass is 131 g/mol. The molecule has 0 fully saturated rings. The molecule has 0 aliphatic rings. The van der Waals surface area contributed by atoms with Crippen molar-refractivity contribution in [3.63, 3.8) is 0 Å². The number of hydrazine groups is 1. The molecule has 0 aromatic heterocycles. The van der Waals surface area contributed by atoms with Crippen LogP contribution in [0.4, 0.5) is 0 Å². The van der Waals surface area contributed by atoms with Crippen LogP contribution in [-0.4, -0.2) is 11.9 Å². The molecule has 9 heavy (non-hydrogen) atoms. The zero-order valence-corrected chi connectivity index (χ0v) is 5.72. The molecule has 1 atom stereocenters. The van der Waals surface area contributed by atoms with Crippen LogP contribution >= 0.6 is 0 Å². The molecule has 0 aromatic rings. The first-order chi connectivity index (χ1) is 4.09. The maximum absolute atomic E-state index is 10.6. The second-order valence-corrected chi connectivity index (χ2v) is 2.28. The van der Waals surface area contributed by atoms with Crippen molar-refractivity contribution in [2.24, 2.45) is 17.5 Å². The van der Waals surface area contributed by atoms with Gasteiger partial charge in [-0.15, -0.1) is 0 Å². The molecular weight excluding hydrogens is 118 g/mol. The minimum absolute atomic E-state index is 0.133. The molecule has 4 nitrogen and oxygen atoms in total. The Morgan fingerprint density at radius 2 is 2.00 bits per heavy atom. The highest BCUT2D eigenvalue weighted by molar-refractivity contribution is 5.81. The van der Waals surface area contributed by atoms with E-state index in [1.807, 2.05) is 19.3 Å². The molecule has 0 radical (unpaired) electrons. The first kappa shape index (κ1) is 8.39. The molecule has 0 aromatic carbocycles. The lowest BCUT2D eigenvalue weighted by atomic mass is 10.1. The largest absolute Gasteiger partial charge is 0.320 e. The third-order valence-corrected chi connectivity index (χ3v) is 1.16. The fourth-order valence-electron chi connectivity index (χ4n) is 0.399. The lowest BCUT2D eigenvalue weighted by Crippen LogP contribution is -2.46. The topological polar surface area (TPSA) is 81.1 Å². The van der Waals surface area contributed by atoms with Gasteiger partial charge in [0, 0.05) is 0 Å². The minimum atomic E-state index is -0.491. The Hall–Kier alpha value is -0.610. The number of hydrogen-bond donors (Lipinski definition) is 3. The van der Waals surface area contributed by atoms with Gasteiger partial charge in [-0.1, -0.05) is 13.8 Å². The smallest absolute Gasteiger partial charge is 0.251 e. The molecule has 0 saturated carbocycles. The maximum Gasteiger partial charge on any atom is 0.251 e. The molecule has 0 bridgehead atoms. The second-order valence-electron chi connectivity index (χ2n) is 2.28. The number of nitrogens with one attached hydrogen (secondary N) is 1. The van der Waals surface area contributed by atoms with E-state index in [1.54, 1.807) is 0 Å². The van der Waals surface area contributed by atoms with Crippen molar-refractivity contribution in [1.29, 1.82) is 0 Å². The number of rotatable bonds is 2. The average Bonchev–Trinajstić information content (AvgIpc) is 1.84. The first-order valence-corrected chi connectivity index (χ1v) is 2.85. The van der Waals surface area contributed by atoms with E-state index in [9.17, 15) is 4.79 Å². The summed E-state index contributed by atoms with van der Waals surface area (Å²) < 4.78 is 0. The van der Waals surface area contributed by atoms with Gasteiger partial charge >= 0.3 is 0 Å². The second kappa shape index (κ2) is 3.42. The zero-order valence-electron chi connectivity index (χ0n) is 5.72. The highest BCUT2D eigenvalue weighted by atomic mass is 16.2. The van der Waals surface area contributed by atoms with Gasteiger partial charge in [0.2, 0.25) is 0 Å². The summed E-state index contributed by atoms with van der Waals surface area (Å²) in [6.07, 6.45) is 0. The van der Waals surface area contributed by atoms with Crippen LogP contribution in [0.25, 0.3) is 0 Å². The summed E-state index contributed by atoms with van der Waals surface area (Å²) in [6.45, 7) is 3.72. The molecule has 0 spiro atoms. The highest BCUT2D eigenvalue weighted by Gasteiger charge is 2.14. The molecule has 4 heteroatoms. The number of hydrogen-bond acceptors (Lipinski definition) is 3. The van der Waals surface area contributed by atoms with Gasteiger partial charge in [0.15, 0.2) is 0 Å². The molecule has 0 aliphatic carbocycles. The fourth-order valence-corrected chi connectivity index (χ4v) is 0.399. The van der Waals surface area contributed by atoms with Crippen LogP contribution in [0.5, 0.6) is 0 Å². The Balaban J connectivity index is 3.72. The Morgan fingerprint density at radius 3 is 2.11 bits per heavy atom. The van der Waals surface area contributed by atoms with E-state index in [1.165, 1.54) is 0 Å². The van der Waals surface area contributed by atoms with Gasteiger partial charge in [-0.05, 0) is 5.92 Å². The Labute approximate surface area is 54.6 Å². The lowest BCUT2D eigenvalue weighted by molar-refractivity contribution is -0.123. The number of carbonyl (C=O) groups excluding carboxylic acids is 1. The van der Waals surface area contributed by atoms with Gasteiger partial charge < -0.3 is 5.73 Å². The summed E-state index contributed by atoms with van der Waals surface area (Å²) in [7, 11) is 0. The summed E-state index contributed by atoms with van der Waals surface area (Å²) in [6, 6.07) is -0.491. The first-order valence-electron chi connectivity index (χ1n) is 2.85. The highest BCUT2D eigenvalue weighted by Crippen LogP contribution is 1.96. The molecule has 5 N–H and O–H groups in total. The van der Waals surface area contributed by atoms with Crippen LogP contribution in [0.3, 0.4) is 0 Å². The number of amides is 1. The van der Waals surface area contributed by atoms with Crippen molar-refractivity contribution in [1.82, 2.24) is 5.43 Å². The third kappa shape index (κ3) is 2.43. The van der Waals surface area contributed by atoms with Crippen LogP contribution in [0.1, 0.15) is 13.8 Å². The van der Waals surface area contributed by atoms with Gasteiger partial charge in [-0.25, -0.2) is 5.84 Å². The summed E-state index contributed by atoms with van der Waals surface area (Å²) in [5.41, 5.74) is 7.36. The van der Waals surface area contributed by atoms with Crippen LogP contribution in [0.15, 0.2) is 0 Å². The van der Waals surface area contributed by atoms with Gasteiger partial charge in [0.1, 0.15) is 0 Å². The SMILES string of the molecule is CC(C)C(N)C(=O)NN. The fraction of sp³-hybridized carbons (Fsp3) is 0.800. The van der Waals surface area contributed by atoms with E-state index in [-0.39, 0.29) is 11.8 Å². The number of carbonyl (C=O) groups is 1. The van der Waals surface area contributed by atoms with Gasteiger partial charge in [-0.2, -0.15) is 0 Å². The third-order valence-electron chi connectivity index (χ3n) is 1.16. The Morgan fingerprint density at radius 1 is 1.56 bits per heavy atom. The summed E-state index contributed by atoms with van der Waals surface area (Å²) in [5.74, 6) is 4.65. The molecule has 0 heterocycles. The minimum Gasteiger partial charge on any atom is -0.320 e. The normalized spacial score (nSPS) is 13.4. The van der Waals surface area contributed by atoms with Crippen molar-refractivity contribution < 1.29 is 4.79 Å². The molecule has 1 amide bonds. The molecule has 0 rings (SSSR count). The summed E-state index contributed by atoms with van der Waals surface area (Å²) in [5, 5.41) is 0. The predicted octanol–water partition coefficient (Wildman–Crippen LogP) is -1.04. The van der Waals surface area contributed by atoms with Crippen LogP contribution < -0.4 is 17.0 Å². The van der Waals surface area contributed by atoms with Gasteiger partial charge in [0.25, 0.3) is 5.91 Å². The van der Waals surface area contributed by atoms with E-state index in [4.69, 9.17) is 11.6 Å². The van der Waals surface area contributed by atoms with E-state index in [0.717, 1.165) is 0 Å². The van der Waals surface area contributed by atoms with Crippen LogP contribution in [0, 0.1) is 5.92 Å². The molecule has 0 saturated heterocycles. The zero-order chi connectivity index (χ0) is 7.44. The van der Waals surface area contributed by atoms with Crippen molar-refractivity contribution in [2.75, 3.05) is 0 Å². The lowest BCUT2D eigenvalue weighted by Gasteiger charge is -2.12. The van der Waals surface area contributed by atoms with Crippen molar-refractivity contribution in [3.8, 4) is 0 Å². The van der Waals surface area contributed by atoms with E-state index >= 15 is 0 Å². The standard InChI is InChI=1S/C5H13N3O/c1-3(2)4(6)5(9)8-7/h3-4H,6-7H2,1-2H3,(H,8,9). The maximum atomic E-state index is 10.6. The van der Waals surface area contributed by atoms with E-state index < -0.39 is 6.04 Å². The van der Waals surface area contributed by atoms with Gasteiger partial charge in [-0.3, -0.25) is 10.2 Å². The summed E-state index contributed by atoms with van der Waals surface area (Å²) >= 11 is 0.